The van der Waals surface area contributed by atoms with Crippen LogP contribution in [0.2, 0.25) is 0 Å². The van der Waals surface area contributed by atoms with Crippen molar-refractivity contribution in [2.45, 2.75) is 24.8 Å². The number of ether oxygens (including phenoxy) is 2. The summed E-state index contributed by atoms with van der Waals surface area (Å²) >= 11 is 0. The van der Waals surface area contributed by atoms with E-state index in [0.29, 0.717) is 23.6 Å². The number of hydrogen-bond donors (Lipinski definition) is 1. The minimum atomic E-state index is -3.71. The second-order valence-electron chi connectivity index (χ2n) is 6.71. The number of carbonyl (C=O) groups is 1. The Bertz CT molecular complexity index is 917. The van der Waals surface area contributed by atoms with Crippen LogP contribution in [0.5, 0.6) is 5.75 Å². The SMILES string of the molecule is COCC(C)NC(=O)C1CN(S(=O)(=O)Cc2ccccc2)c2ccccc2O1. The van der Waals surface area contributed by atoms with Crippen molar-refractivity contribution < 1.29 is 22.7 Å². The van der Waals surface area contributed by atoms with Crippen molar-refractivity contribution in [2.75, 3.05) is 24.6 Å². The predicted molar refractivity (Wildman–Crippen MR) is 107 cm³/mol. The third-order valence-corrected chi connectivity index (χ3v) is 6.08. The van der Waals surface area contributed by atoms with Crippen LogP contribution in [-0.4, -0.2) is 46.7 Å². The monoisotopic (exact) mass is 404 g/mol. The molecule has 1 N–H and O–H groups in total. The molecule has 2 aromatic carbocycles. The molecule has 150 valence electrons. The summed E-state index contributed by atoms with van der Waals surface area (Å²) in [6.45, 7) is 2.07. The molecule has 2 unspecified atom stereocenters. The lowest BCUT2D eigenvalue weighted by atomic mass is 10.2. The third kappa shape index (κ3) is 4.63. The van der Waals surface area contributed by atoms with Crippen LogP contribution in [-0.2, 0) is 25.3 Å². The number of nitrogens with zero attached hydrogens (tertiary/aromatic N) is 1. The molecule has 0 saturated heterocycles. The number of para-hydroxylation sites is 2. The fourth-order valence-electron chi connectivity index (χ4n) is 3.09. The Labute approximate surface area is 165 Å². The molecule has 0 fully saturated rings. The normalized spacial score (nSPS) is 17.4. The number of nitrogens with one attached hydrogen (secondary N) is 1. The lowest BCUT2D eigenvalue weighted by molar-refractivity contribution is -0.128. The van der Waals surface area contributed by atoms with E-state index in [4.69, 9.17) is 9.47 Å². The van der Waals surface area contributed by atoms with E-state index in [9.17, 15) is 13.2 Å². The van der Waals surface area contributed by atoms with Gasteiger partial charge in [-0.05, 0) is 24.6 Å². The van der Waals surface area contributed by atoms with Crippen LogP contribution in [0, 0.1) is 0 Å². The fraction of sp³-hybridized carbons (Fsp3) is 0.350. The minimum absolute atomic E-state index is 0.0856. The fourth-order valence-corrected chi connectivity index (χ4v) is 4.67. The molecule has 0 aromatic heterocycles. The summed E-state index contributed by atoms with van der Waals surface area (Å²) in [6, 6.07) is 15.6. The first-order chi connectivity index (χ1) is 13.4. The van der Waals surface area contributed by atoms with Crippen molar-refractivity contribution in [1.29, 1.82) is 0 Å². The maximum Gasteiger partial charge on any atom is 0.263 e. The third-order valence-electron chi connectivity index (χ3n) is 4.36. The molecule has 0 aliphatic carbocycles. The highest BCUT2D eigenvalue weighted by Crippen LogP contribution is 2.35. The Morgan fingerprint density at radius 1 is 1.21 bits per heavy atom. The minimum Gasteiger partial charge on any atom is -0.476 e. The summed E-state index contributed by atoms with van der Waals surface area (Å²) in [4.78, 5) is 12.6. The average molecular weight is 404 g/mol. The lowest BCUT2D eigenvalue weighted by Crippen LogP contribution is -2.52. The van der Waals surface area contributed by atoms with E-state index in [1.807, 2.05) is 13.0 Å². The number of sulfonamides is 1. The molecule has 1 amide bonds. The highest BCUT2D eigenvalue weighted by Gasteiger charge is 2.36. The molecule has 2 aromatic rings. The highest BCUT2D eigenvalue weighted by molar-refractivity contribution is 7.92. The van der Waals surface area contributed by atoms with Crippen LogP contribution in [0.15, 0.2) is 54.6 Å². The van der Waals surface area contributed by atoms with Gasteiger partial charge in [0.25, 0.3) is 5.91 Å². The molecule has 28 heavy (non-hydrogen) atoms. The Balaban J connectivity index is 1.86. The van der Waals surface area contributed by atoms with Gasteiger partial charge in [-0.25, -0.2) is 8.42 Å². The summed E-state index contributed by atoms with van der Waals surface area (Å²) in [5.74, 6) is -0.166. The van der Waals surface area contributed by atoms with E-state index in [-0.39, 0.29) is 24.2 Å². The second kappa shape index (κ2) is 8.62. The summed E-state index contributed by atoms with van der Waals surface area (Å²) in [5.41, 5.74) is 1.12. The summed E-state index contributed by atoms with van der Waals surface area (Å²) in [5, 5.41) is 2.79. The zero-order chi connectivity index (χ0) is 20.1. The molecule has 8 heteroatoms. The van der Waals surface area contributed by atoms with Crippen molar-refractivity contribution in [2.24, 2.45) is 0 Å². The van der Waals surface area contributed by atoms with E-state index < -0.39 is 16.1 Å². The molecule has 2 atom stereocenters. The van der Waals surface area contributed by atoms with E-state index in [1.165, 1.54) is 4.31 Å². The van der Waals surface area contributed by atoms with Crippen LogP contribution < -0.4 is 14.4 Å². The van der Waals surface area contributed by atoms with Gasteiger partial charge >= 0.3 is 0 Å². The predicted octanol–water partition coefficient (Wildman–Crippen LogP) is 1.94. The molecular formula is C20H24N2O5S. The number of rotatable bonds is 7. The number of benzene rings is 2. The summed E-state index contributed by atoms with van der Waals surface area (Å²) in [6.07, 6.45) is -0.945. The highest BCUT2D eigenvalue weighted by atomic mass is 32.2. The van der Waals surface area contributed by atoms with Crippen LogP contribution in [0.4, 0.5) is 5.69 Å². The topological polar surface area (TPSA) is 84.9 Å². The van der Waals surface area contributed by atoms with Gasteiger partial charge < -0.3 is 14.8 Å². The van der Waals surface area contributed by atoms with Crippen molar-refractivity contribution in [1.82, 2.24) is 5.32 Å². The van der Waals surface area contributed by atoms with E-state index >= 15 is 0 Å². The number of carbonyl (C=O) groups excluding carboxylic acids is 1. The maximum absolute atomic E-state index is 13.1. The lowest BCUT2D eigenvalue weighted by Gasteiger charge is -2.35. The Morgan fingerprint density at radius 3 is 2.61 bits per heavy atom. The van der Waals surface area contributed by atoms with Gasteiger partial charge in [-0.2, -0.15) is 0 Å². The van der Waals surface area contributed by atoms with Crippen molar-refractivity contribution in [3.63, 3.8) is 0 Å². The molecule has 3 rings (SSSR count). The average Bonchev–Trinajstić information content (AvgIpc) is 2.67. The second-order valence-corrected chi connectivity index (χ2v) is 8.61. The van der Waals surface area contributed by atoms with E-state index in [1.54, 1.807) is 55.6 Å². The van der Waals surface area contributed by atoms with Gasteiger partial charge in [0.15, 0.2) is 6.10 Å². The smallest absolute Gasteiger partial charge is 0.263 e. The standard InChI is InChI=1S/C20H24N2O5S/c1-15(13-26-2)21-20(23)19-12-22(17-10-6-7-11-18(17)27-19)28(24,25)14-16-8-4-3-5-9-16/h3-11,15,19H,12-14H2,1-2H3,(H,21,23). The summed E-state index contributed by atoms with van der Waals surface area (Å²) in [7, 11) is -2.16. The van der Waals surface area contributed by atoms with Crippen LogP contribution in [0.3, 0.4) is 0 Å². The number of anilines is 1. The molecule has 7 nitrogen and oxygen atoms in total. The molecular weight excluding hydrogens is 380 g/mol. The van der Waals surface area contributed by atoms with Gasteiger partial charge in [0.05, 0.1) is 24.6 Å². The number of methoxy groups -OCH3 is 1. The van der Waals surface area contributed by atoms with Gasteiger partial charge in [-0.15, -0.1) is 0 Å². The molecule has 1 heterocycles. The summed E-state index contributed by atoms with van der Waals surface area (Å²) < 4.78 is 38.3. The molecule has 0 radical (unpaired) electrons. The van der Waals surface area contributed by atoms with Gasteiger partial charge in [0, 0.05) is 13.2 Å². The molecule has 1 aliphatic rings. The largest absolute Gasteiger partial charge is 0.476 e. The van der Waals surface area contributed by atoms with Gasteiger partial charge in [0.1, 0.15) is 5.75 Å². The van der Waals surface area contributed by atoms with Gasteiger partial charge in [-0.1, -0.05) is 42.5 Å². The van der Waals surface area contributed by atoms with Crippen LogP contribution in [0.1, 0.15) is 12.5 Å². The van der Waals surface area contributed by atoms with Crippen LogP contribution >= 0.6 is 0 Å². The molecule has 0 saturated carbocycles. The first kappa shape index (κ1) is 20.2. The Hall–Kier alpha value is -2.58. The molecule has 1 aliphatic heterocycles. The van der Waals surface area contributed by atoms with E-state index in [0.717, 1.165) is 0 Å². The molecule has 0 spiro atoms. The quantitative estimate of drug-likeness (QED) is 0.762. The Morgan fingerprint density at radius 2 is 1.89 bits per heavy atom. The zero-order valence-corrected chi connectivity index (χ0v) is 16.7. The van der Waals surface area contributed by atoms with Crippen LogP contribution in [0.25, 0.3) is 0 Å². The molecule has 0 bridgehead atoms. The number of amides is 1. The first-order valence-electron chi connectivity index (χ1n) is 9.00. The van der Waals surface area contributed by atoms with Crippen molar-refractivity contribution in [3.05, 3.63) is 60.2 Å². The van der Waals surface area contributed by atoms with Gasteiger partial charge in [-0.3, -0.25) is 9.10 Å². The number of hydrogen-bond acceptors (Lipinski definition) is 5. The van der Waals surface area contributed by atoms with E-state index in [2.05, 4.69) is 5.32 Å². The van der Waals surface area contributed by atoms with Crippen molar-refractivity contribution >= 4 is 21.6 Å². The number of fused-ring (bicyclic) bond motifs is 1. The maximum atomic E-state index is 13.1. The Kier molecular flexibility index (Phi) is 6.21. The van der Waals surface area contributed by atoms with Crippen molar-refractivity contribution in [3.8, 4) is 5.75 Å². The first-order valence-corrected chi connectivity index (χ1v) is 10.6. The van der Waals surface area contributed by atoms with Gasteiger partial charge in [0.2, 0.25) is 10.0 Å². The zero-order valence-electron chi connectivity index (χ0n) is 15.9.